The van der Waals surface area contributed by atoms with Crippen LogP contribution in [0.15, 0.2) is 21.3 Å². The van der Waals surface area contributed by atoms with E-state index in [1.165, 1.54) is 0 Å². The van der Waals surface area contributed by atoms with Gasteiger partial charge in [0, 0.05) is 5.56 Å². The van der Waals surface area contributed by atoms with Crippen molar-refractivity contribution < 1.29 is 23.8 Å². The summed E-state index contributed by atoms with van der Waals surface area (Å²) in [7, 11) is 0. The van der Waals surface area contributed by atoms with Crippen molar-refractivity contribution in [3.8, 4) is 5.75 Å². The number of ether oxygens (including phenoxy) is 1. The van der Waals surface area contributed by atoms with Crippen LogP contribution in [0.3, 0.4) is 0 Å². The Hall–Kier alpha value is -2.83. The van der Waals surface area contributed by atoms with Gasteiger partial charge in [0.25, 0.3) is 5.91 Å². The number of carboxylic acids is 1. The summed E-state index contributed by atoms with van der Waals surface area (Å²) in [5, 5.41) is 14.6. The normalized spacial score (nSPS) is 16.1. The second-order valence-corrected chi connectivity index (χ2v) is 7.79. The molecule has 0 spiro atoms. The molecule has 1 aromatic carbocycles. The number of aliphatic carboxylic acids is 1. The molecule has 0 aliphatic heterocycles. The van der Waals surface area contributed by atoms with Gasteiger partial charge in [-0.2, -0.15) is 0 Å². The topological polar surface area (TPSA) is 109 Å². The van der Waals surface area contributed by atoms with Crippen LogP contribution in [0.25, 0.3) is 11.0 Å². The molecular formula is C22H26NO6-. The highest BCUT2D eigenvalue weighted by Crippen LogP contribution is 2.35. The van der Waals surface area contributed by atoms with Gasteiger partial charge in [-0.1, -0.05) is 20.3 Å². The van der Waals surface area contributed by atoms with Gasteiger partial charge in [-0.25, -0.2) is 4.79 Å². The predicted octanol–water partition coefficient (Wildman–Crippen LogP) is 1.64. The number of carbonyl (C=O) groups is 2. The monoisotopic (exact) mass is 400 g/mol. The summed E-state index contributed by atoms with van der Waals surface area (Å²) >= 11 is 0. The summed E-state index contributed by atoms with van der Waals surface area (Å²) in [6, 6.07) is 2.49. The molecule has 0 saturated heterocycles. The highest BCUT2D eigenvalue weighted by atomic mass is 16.5. The smallest absolute Gasteiger partial charge is 0.339 e. The molecule has 0 fully saturated rings. The Morgan fingerprint density at radius 3 is 2.59 bits per heavy atom. The van der Waals surface area contributed by atoms with Crippen LogP contribution in [0, 0.1) is 12.8 Å². The van der Waals surface area contributed by atoms with Crippen LogP contribution in [-0.4, -0.2) is 24.0 Å². The largest absolute Gasteiger partial charge is 0.548 e. The molecule has 1 amide bonds. The van der Waals surface area contributed by atoms with Gasteiger partial charge in [-0.3, -0.25) is 4.79 Å². The molecule has 1 aliphatic rings. The molecule has 29 heavy (non-hydrogen) atoms. The maximum absolute atomic E-state index is 12.6. The van der Waals surface area contributed by atoms with Crippen LogP contribution in [0.2, 0.25) is 0 Å². The van der Waals surface area contributed by atoms with E-state index in [0.29, 0.717) is 35.1 Å². The second-order valence-electron chi connectivity index (χ2n) is 7.79. The molecule has 7 nitrogen and oxygen atoms in total. The maximum Gasteiger partial charge on any atom is 0.339 e. The number of benzene rings is 1. The summed E-state index contributed by atoms with van der Waals surface area (Å²) in [6.45, 7) is 7.00. The molecule has 3 rings (SSSR count). The number of hydrogen-bond donors (Lipinski definition) is 1. The number of fused-ring (bicyclic) bond motifs is 3. The highest BCUT2D eigenvalue weighted by molar-refractivity contribution is 5.90. The van der Waals surface area contributed by atoms with Crippen molar-refractivity contribution in [2.75, 3.05) is 0 Å². The fraction of sp³-hybridized carbons (Fsp3) is 0.500. The predicted molar refractivity (Wildman–Crippen MR) is 106 cm³/mol. The fourth-order valence-electron chi connectivity index (χ4n) is 3.78. The Morgan fingerprint density at radius 1 is 1.24 bits per heavy atom. The zero-order valence-electron chi connectivity index (χ0n) is 17.2. The lowest BCUT2D eigenvalue weighted by Crippen LogP contribution is -2.54. The molecule has 0 unspecified atom stereocenters. The van der Waals surface area contributed by atoms with Gasteiger partial charge in [0.05, 0.1) is 17.4 Å². The molecule has 0 bridgehead atoms. The number of carbonyl (C=O) groups excluding carboxylic acids is 2. The van der Waals surface area contributed by atoms with E-state index >= 15 is 0 Å². The van der Waals surface area contributed by atoms with Gasteiger partial charge >= 0.3 is 5.63 Å². The quantitative estimate of drug-likeness (QED) is 0.708. The number of carboxylic acid groups (broad SMARTS) is 1. The maximum atomic E-state index is 12.6. The highest BCUT2D eigenvalue weighted by Gasteiger charge is 2.26. The molecule has 1 aliphatic carbocycles. The second kappa shape index (κ2) is 8.27. The van der Waals surface area contributed by atoms with Crippen molar-refractivity contribution in [3.63, 3.8) is 0 Å². The minimum Gasteiger partial charge on any atom is -0.548 e. The van der Waals surface area contributed by atoms with Crippen LogP contribution < -0.4 is 20.8 Å². The Kier molecular flexibility index (Phi) is 5.96. The van der Waals surface area contributed by atoms with E-state index in [9.17, 15) is 19.5 Å². The minimum absolute atomic E-state index is 0.270. The van der Waals surface area contributed by atoms with Crippen LogP contribution in [-0.2, 0) is 22.4 Å². The lowest BCUT2D eigenvalue weighted by atomic mass is 9.99. The molecule has 2 aromatic rings. The summed E-state index contributed by atoms with van der Waals surface area (Å²) in [5.41, 5.74) is 2.51. The van der Waals surface area contributed by atoms with Crippen molar-refractivity contribution >= 4 is 22.8 Å². The first-order valence-electron chi connectivity index (χ1n) is 10.00. The van der Waals surface area contributed by atoms with E-state index in [0.717, 1.165) is 24.0 Å². The van der Waals surface area contributed by atoms with E-state index in [1.807, 2.05) is 13.8 Å². The van der Waals surface area contributed by atoms with Crippen LogP contribution >= 0.6 is 0 Å². The number of rotatable bonds is 7. The molecular weight excluding hydrogens is 374 g/mol. The van der Waals surface area contributed by atoms with Gasteiger partial charge < -0.3 is 24.4 Å². The summed E-state index contributed by atoms with van der Waals surface area (Å²) in [6.07, 6.45) is 1.93. The zero-order chi connectivity index (χ0) is 21.3. The van der Waals surface area contributed by atoms with E-state index in [-0.39, 0.29) is 11.5 Å². The fourth-order valence-corrected chi connectivity index (χ4v) is 3.78. The molecule has 3 atom stereocenters. The summed E-state index contributed by atoms with van der Waals surface area (Å²) < 4.78 is 11.4. The lowest BCUT2D eigenvalue weighted by molar-refractivity contribution is -0.309. The van der Waals surface area contributed by atoms with Gasteiger partial charge in [0.2, 0.25) is 0 Å². The van der Waals surface area contributed by atoms with Crippen molar-refractivity contribution in [2.45, 2.75) is 65.5 Å². The minimum atomic E-state index is -1.32. The van der Waals surface area contributed by atoms with Crippen LogP contribution in [0.1, 0.15) is 50.3 Å². The zero-order valence-corrected chi connectivity index (χ0v) is 17.2. The molecule has 1 heterocycles. The first-order valence-corrected chi connectivity index (χ1v) is 10.00. The Bertz CT molecular complexity index is 1010. The van der Waals surface area contributed by atoms with Crippen molar-refractivity contribution in [1.29, 1.82) is 0 Å². The summed E-state index contributed by atoms with van der Waals surface area (Å²) in [4.78, 5) is 36.2. The average Bonchev–Trinajstić information content (AvgIpc) is 3.14. The Balaban J connectivity index is 1.91. The van der Waals surface area contributed by atoms with E-state index in [4.69, 9.17) is 9.15 Å². The third-order valence-corrected chi connectivity index (χ3v) is 5.62. The number of nitrogens with one attached hydrogen (secondary N) is 1. The summed E-state index contributed by atoms with van der Waals surface area (Å²) in [5.74, 6) is -1.67. The van der Waals surface area contributed by atoms with E-state index in [1.54, 1.807) is 26.0 Å². The molecule has 7 heteroatoms. The van der Waals surface area contributed by atoms with Crippen molar-refractivity contribution in [1.82, 2.24) is 5.32 Å². The molecule has 156 valence electrons. The third-order valence-electron chi connectivity index (χ3n) is 5.62. The van der Waals surface area contributed by atoms with Gasteiger partial charge in [0.1, 0.15) is 11.3 Å². The van der Waals surface area contributed by atoms with Crippen molar-refractivity contribution in [2.24, 2.45) is 5.92 Å². The SMILES string of the molecule is CC[C@H](C)[C@H](NC(=O)[C@@H](C)Oc1cc(C)cc2oc(=O)c3c(c12)CCC3)C(=O)[O-]. The van der Waals surface area contributed by atoms with Crippen LogP contribution in [0.5, 0.6) is 5.75 Å². The molecule has 0 radical (unpaired) electrons. The third kappa shape index (κ3) is 4.13. The van der Waals surface area contributed by atoms with Gasteiger partial charge in [-0.05, 0) is 62.3 Å². The molecule has 1 N–H and O–H groups in total. The molecule has 0 saturated carbocycles. The average molecular weight is 400 g/mol. The number of amides is 1. The number of hydrogen-bond acceptors (Lipinski definition) is 6. The standard InChI is InChI=1S/C22H27NO6/c1-5-12(3)19(21(25)26)23-20(24)13(4)28-16-9-11(2)10-17-18(16)14-7-6-8-15(14)22(27)29-17/h9-10,12-13,19H,5-8H2,1-4H3,(H,23,24)(H,25,26)/p-1/t12-,13+,19-/m0/s1. The van der Waals surface area contributed by atoms with Crippen molar-refractivity contribution in [3.05, 3.63) is 39.2 Å². The van der Waals surface area contributed by atoms with Gasteiger partial charge in [-0.15, -0.1) is 0 Å². The Labute approximate surface area is 169 Å². The van der Waals surface area contributed by atoms with E-state index < -0.39 is 24.0 Å². The lowest BCUT2D eigenvalue weighted by Gasteiger charge is -2.27. The van der Waals surface area contributed by atoms with Gasteiger partial charge in [0.15, 0.2) is 6.10 Å². The number of aryl methyl sites for hydroxylation is 2. The Morgan fingerprint density at radius 2 is 1.93 bits per heavy atom. The first kappa shape index (κ1) is 20.9. The van der Waals surface area contributed by atoms with E-state index in [2.05, 4.69) is 5.32 Å². The molecule has 1 aromatic heterocycles. The first-order chi connectivity index (χ1) is 13.7. The van der Waals surface area contributed by atoms with Crippen LogP contribution in [0.4, 0.5) is 0 Å².